The number of nitriles is 1. The summed E-state index contributed by atoms with van der Waals surface area (Å²) in [6.45, 7) is 2.21. The van der Waals surface area contributed by atoms with Crippen LogP contribution in [0, 0.1) is 11.3 Å². The van der Waals surface area contributed by atoms with Gasteiger partial charge in [0.15, 0.2) is 0 Å². The normalized spacial score (nSPS) is 9.41. The number of carbonyl (C=O) groups excluding carboxylic acids is 2. The summed E-state index contributed by atoms with van der Waals surface area (Å²) in [4.78, 5) is 24.4. The van der Waals surface area contributed by atoms with Gasteiger partial charge in [-0.25, -0.2) is 0 Å². The predicted octanol–water partition coefficient (Wildman–Crippen LogP) is 0.268. The van der Waals surface area contributed by atoms with Gasteiger partial charge in [-0.3, -0.25) is 9.59 Å². The molecule has 1 aromatic heterocycles. The molecule has 0 saturated carbocycles. The lowest BCUT2D eigenvalue weighted by molar-refractivity contribution is -0.146. The molecule has 90 valence electrons. The first kappa shape index (κ1) is 12.8. The van der Waals surface area contributed by atoms with Crippen LogP contribution in [0.25, 0.3) is 0 Å². The van der Waals surface area contributed by atoms with Gasteiger partial charge in [0.1, 0.15) is 12.3 Å². The second-order valence-corrected chi connectivity index (χ2v) is 3.24. The SMILES string of the molecule is CCN(Cc1ccco1)C(=O)C(=O)NCC#N. The predicted molar refractivity (Wildman–Crippen MR) is 58.4 cm³/mol. The fraction of sp³-hybridized carbons (Fsp3) is 0.364. The molecule has 17 heavy (non-hydrogen) atoms. The Hall–Kier alpha value is -2.29. The van der Waals surface area contributed by atoms with Crippen molar-refractivity contribution < 1.29 is 14.0 Å². The van der Waals surface area contributed by atoms with Crippen LogP contribution in [0.2, 0.25) is 0 Å². The number of furan rings is 1. The minimum absolute atomic E-state index is 0.178. The minimum Gasteiger partial charge on any atom is -0.467 e. The third-order valence-corrected chi connectivity index (χ3v) is 2.12. The summed E-state index contributed by atoms with van der Waals surface area (Å²) in [5, 5.41) is 10.5. The Morgan fingerprint density at radius 2 is 2.35 bits per heavy atom. The lowest BCUT2D eigenvalue weighted by atomic mass is 10.3. The van der Waals surface area contributed by atoms with Gasteiger partial charge in [0.2, 0.25) is 0 Å². The molecule has 6 heteroatoms. The molecule has 0 radical (unpaired) electrons. The topological polar surface area (TPSA) is 86.3 Å². The molecule has 0 bridgehead atoms. The summed E-state index contributed by atoms with van der Waals surface area (Å²) in [6.07, 6.45) is 1.50. The summed E-state index contributed by atoms with van der Waals surface area (Å²) in [6, 6.07) is 5.17. The first-order chi connectivity index (χ1) is 8.19. The monoisotopic (exact) mass is 235 g/mol. The van der Waals surface area contributed by atoms with Crippen LogP contribution in [0.4, 0.5) is 0 Å². The molecule has 0 unspecified atom stereocenters. The number of nitrogens with one attached hydrogen (secondary N) is 1. The average Bonchev–Trinajstić information content (AvgIpc) is 2.84. The van der Waals surface area contributed by atoms with Crippen molar-refractivity contribution in [2.45, 2.75) is 13.5 Å². The van der Waals surface area contributed by atoms with Gasteiger partial charge in [-0.1, -0.05) is 0 Å². The minimum atomic E-state index is -0.778. The van der Waals surface area contributed by atoms with E-state index in [9.17, 15) is 9.59 Å². The number of nitrogens with zero attached hydrogens (tertiary/aromatic N) is 2. The van der Waals surface area contributed by atoms with E-state index in [1.54, 1.807) is 25.1 Å². The lowest BCUT2D eigenvalue weighted by Crippen LogP contribution is -2.42. The number of hydrogen-bond acceptors (Lipinski definition) is 4. The Bertz CT molecular complexity index is 420. The lowest BCUT2D eigenvalue weighted by Gasteiger charge is -2.18. The maximum atomic E-state index is 11.7. The van der Waals surface area contributed by atoms with E-state index in [4.69, 9.17) is 9.68 Å². The van der Waals surface area contributed by atoms with Crippen molar-refractivity contribution in [2.24, 2.45) is 0 Å². The summed E-state index contributed by atoms with van der Waals surface area (Å²) in [5.41, 5.74) is 0. The van der Waals surface area contributed by atoms with Gasteiger partial charge >= 0.3 is 11.8 Å². The van der Waals surface area contributed by atoms with Gasteiger partial charge in [0, 0.05) is 6.54 Å². The van der Waals surface area contributed by atoms with Gasteiger partial charge in [-0.05, 0) is 19.1 Å². The standard InChI is InChI=1S/C11H13N3O3/c1-2-14(8-9-4-3-7-17-9)11(16)10(15)13-6-5-12/h3-4,7H,2,6,8H2,1H3,(H,13,15). The zero-order valence-electron chi connectivity index (χ0n) is 9.47. The van der Waals surface area contributed by atoms with Crippen LogP contribution in [-0.2, 0) is 16.1 Å². The van der Waals surface area contributed by atoms with Gasteiger partial charge in [-0.15, -0.1) is 0 Å². The maximum Gasteiger partial charge on any atom is 0.312 e. The van der Waals surface area contributed by atoms with Crippen molar-refractivity contribution in [3.8, 4) is 6.07 Å². The Morgan fingerprint density at radius 3 is 2.88 bits per heavy atom. The number of hydrogen-bond donors (Lipinski definition) is 1. The second-order valence-electron chi connectivity index (χ2n) is 3.24. The third-order valence-electron chi connectivity index (χ3n) is 2.12. The quantitative estimate of drug-likeness (QED) is 0.599. The zero-order valence-corrected chi connectivity index (χ0v) is 9.47. The van der Waals surface area contributed by atoms with Gasteiger partial charge in [0.05, 0.1) is 18.9 Å². The van der Waals surface area contributed by atoms with Crippen molar-refractivity contribution in [2.75, 3.05) is 13.1 Å². The molecular weight excluding hydrogens is 222 g/mol. The molecule has 0 aliphatic rings. The third kappa shape index (κ3) is 3.65. The van der Waals surface area contributed by atoms with Crippen LogP contribution in [0.5, 0.6) is 0 Å². The Kier molecular flexibility index (Phi) is 4.76. The molecule has 0 aliphatic heterocycles. The highest BCUT2D eigenvalue weighted by Crippen LogP contribution is 2.05. The fourth-order valence-corrected chi connectivity index (χ4v) is 1.26. The number of amides is 2. The molecule has 1 N–H and O–H groups in total. The van der Waals surface area contributed by atoms with E-state index in [-0.39, 0.29) is 13.1 Å². The molecule has 0 saturated heterocycles. The van der Waals surface area contributed by atoms with Crippen molar-refractivity contribution >= 4 is 11.8 Å². The molecule has 1 heterocycles. The first-order valence-electron chi connectivity index (χ1n) is 5.15. The van der Waals surface area contributed by atoms with Crippen LogP contribution in [0.1, 0.15) is 12.7 Å². The van der Waals surface area contributed by atoms with Crippen LogP contribution in [0.3, 0.4) is 0 Å². The Labute approximate surface area is 98.8 Å². The molecule has 6 nitrogen and oxygen atoms in total. The van der Waals surface area contributed by atoms with E-state index in [0.717, 1.165) is 0 Å². The van der Waals surface area contributed by atoms with Crippen molar-refractivity contribution in [1.29, 1.82) is 5.26 Å². The van der Waals surface area contributed by atoms with Crippen LogP contribution >= 0.6 is 0 Å². The van der Waals surface area contributed by atoms with E-state index in [1.807, 2.05) is 0 Å². The molecular formula is C11H13N3O3. The van der Waals surface area contributed by atoms with Gasteiger partial charge in [-0.2, -0.15) is 5.26 Å². The smallest absolute Gasteiger partial charge is 0.312 e. The summed E-state index contributed by atoms with van der Waals surface area (Å²) in [7, 11) is 0. The van der Waals surface area contributed by atoms with E-state index < -0.39 is 11.8 Å². The van der Waals surface area contributed by atoms with E-state index >= 15 is 0 Å². The molecule has 0 atom stereocenters. The van der Waals surface area contributed by atoms with E-state index in [0.29, 0.717) is 12.3 Å². The Balaban J connectivity index is 2.58. The van der Waals surface area contributed by atoms with Crippen LogP contribution in [-0.4, -0.2) is 29.8 Å². The molecule has 1 rings (SSSR count). The second kappa shape index (κ2) is 6.33. The van der Waals surface area contributed by atoms with Crippen molar-refractivity contribution in [3.63, 3.8) is 0 Å². The van der Waals surface area contributed by atoms with Crippen molar-refractivity contribution in [1.82, 2.24) is 10.2 Å². The first-order valence-corrected chi connectivity index (χ1v) is 5.15. The van der Waals surface area contributed by atoms with Crippen LogP contribution in [0.15, 0.2) is 22.8 Å². The average molecular weight is 235 g/mol. The fourth-order valence-electron chi connectivity index (χ4n) is 1.26. The Morgan fingerprint density at radius 1 is 1.59 bits per heavy atom. The largest absolute Gasteiger partial charge is 0.467 e. The van der Waals surface area contributed by atoms with Gasteiger partial charge in [0.25, 0.3) is 0 Å². The molecule has 2 amide bonds. The van der Waals surface area contributed by atoms with Crippen LogP contribution < -0.4 is 5.32 Å². The summed E-state index contributed by atoms with van der Waals surface area (Å²) in [5.74, 6) is -0.840. The van der Waals surface area contributed by atoms with Crippen molar-refractivity contribution in [3.05, 3.63) is 24.2 Å². The van der Waals surface area contributed by atoms with E-state index in [2.05, 4.69) is 5.32 Å². The zero-order chi connectivity index (χ0) is 12.7. The highest BCUT2D eigenvalue weighted by Gasteiger charge is 2.20. The number of rotatable bonds is 4. The molecule has 0 spiro atoms. The number of likely N-dealkylation sites (N-methyl/N-ethyl adjacent to an activating group) is 1. The highest BCUT2D eigenvalue weighted by atomic mass is 16.3. The molecule has 0 aliphatic carbocycles. The van der Waals surface area contributed by atoms with E-state index in [1.165, 1.54) is 11.2 Å². The van der Waals surface area contributed by atoms with Gasteiger partial charge < -0.3 is 14.6 Å². The summed E-state index contributed by atoms with van der Waals surface area (Å²) >= 11 is 0. The molecule has 0 fully saturated rings. The molecule has 1 aromatic rings. The molecule has 0 aromatic carbocycles. The highest BCUT2D eigenvalue weighted by molar-refractivity contribution is 6.35. The number of carbonyl (C=O) groups is 2. The maximum absolute atomic E-state index is 11.7. The summed E-state index contributed by atoms with van der Waals surface area (Å²) < 4.78 is 5.10.